The Balaban J connectivity index is 1.38. The minimum absolute atomic E-state index is 0.186. The number of rotatable bonds is 4. The van der Waals surface area contributed by atoms with Crippen LogP contribution < -0.4 is 10.6 Å². The minimum Gasteiger partial charge on any atom is -0.378 e. The maximum absolute atomic E-state index is 10.2. The fourth-order valence-corrected chi connectivity index (χ4v) is 3.92. The third-order valence-corrected chi connectivity index (χ3v) is 5.58. The van der Waals surface area contributed by atoms with E-state index >= 15 is 0 Å². The quantitative estimate of drug-likeness (QED) is 0.446. The first kappa shape index (κ1) is 16.0. The van der Waals surface area contributed by atoms with E-state index in [4.69, 9.17) is 5.41 Å². The van der Waals surface area contributed by atoms with Crippen LogP contribution in [0.3, 0.4) is 0 Å². The van der Waals surface area contributed by atoms with Crippen molar-refractivity contribution in [3.63, 3.8) is 0 Å². The molecular weight excluding hydrogens is 278 g/mol. The molecule has 6 nitrogen and oxygen atoms in total. The Morgan fingerprint density at radius 3 is 2.23 bits per heavy atom. The van der Waals surface area contributed by atoms with E-state index in [9.17, 15) is 5.11 Å². The van der Waals surface area contributed by atoms with Crippen LogP contribution >= 0.6 is 0 Å². The summed E-state index contributed by atoms with van der Waals surface area (Å²) >= 11 is 0. The molecule has 6 heteroatoms. The molecule has 0 amide bonds. The summed E-state index contributed by atoms with van der Waals surface area (Å²) in [5.41, 5.74) is 0. The number of nitrogens with zero attached hydrogens (tertiary/aromatic N) is 2. The van der Waals surface area contributed by atoms with E-state index in [1.165, 1.54) is 25.7 Å². The molecule has 0 radical (unpaired) electrons. The van der Waals surface area contributed by atoms with E-state index in [0.717, 1.165) is 39.0 Å². The lowest BCUT2D eigenvalue weighted by molar-refractivity contribution is -0.0475. The normalized spacial score (nSPS) is 32.5. The Hall–Kier alpha value is -0.850. The molecule has 0 spiro atoms. The first-order chi connectivity index (χ1) is 10.7. The van der Waals surface area contributed by atoms with Gasteiger partial charge < -0.3 is 15.7 Å². The van der Waals surface area contributed by atoms with Gasteiger partial charge >= 0.3 is 0 Å². The molecule has 4 N–H and O–H groups in total. The topological polar surface area (TPSA) is 74.6 Å². The average molecular weight is 309 g/mol. The number of aliphatic hydroxyl groups is 1. The molecule has 1 saturated heterocycles. The minimum atomic E-state index is -0.186. The largest absolute Gasteiger partial charge is 0.378 e. The molecule has 1 aliphatic heterocycles. The van der Waals surface area contributed by atoms with E-state index in [2.05, 4.69) is 20.4 Å². The summed E-state index contributed by atoms with van der Waals surface area (Å²) in [7, 11) is 1.79. The lowest BCUT2D eigenvalue weighted by atomic mass is 9.90. The molecule has 0 aromatic heterocycles. The third kappa shape index (κ3) is 3.91. The Morgan fingerprint density at radius 2 is 1.68 bits per heavy atom. The van der Waals surface area contributed by atoms with Gasteiger partial charge in [0.1, 0.15) is 6.23 Å². The van der Waals surface area contributed by atoms with Crippen LogP contribution in [0.25, 0.3) is 0 Å². The highest BCUT2D eigenvalue weighted by Crippen LogP contribution is 2.34. The van der Waals surface area contributed by atoms with Gasteiger partial charge in [-0.25, -0.2) is 0 Å². The predicted molar refractivity (Wildman–Crippen MR) is 87.8 cm³/mol. The molecule has 3 aliphatic rings. The van der Waals surface area contributed by atoms with E-state index in [1.54, 1.807) is 7.05 Å². The first-order valence-corrected chi connectivity index (χ1v) is 8.86. The van der Waals surface area contributed by atoms with Crippen molar-refractivity contribution in [2.45, 2.75) is 56.8 Å². The van der Waals surface area contributed by atoms with Crippen molar-refractivity contribution in [2.75, 3.05) is 33.2 Å². The Morgan fingerprint density at radius 1 is 1.05 bits per heavy atom. The first-order valence-electron chi connectivity index (χ1n) is 8.86. The second-order valence-electron chi connectivity index (χ2n) is 7.10. The van der Waals surface area contributed by atoms with E-state index in [-0.39, 0.29) is 6.23 Å². The fourth-order valence-electron chi connectivity index (χ4n) is 3.92. The van der Waals surface area contributed by atoms with Crippen molar-refractivity contribution < 1.29 is 5.11 Å². The standard InChI is InChI=1S/C16H31N5O/c1-18-16(17)19-13-4-6-14(7-5-13)20-8-10-21(11-9-20)15(22)12-2-3-12/h12-15,22H,2-11H2,1H3,(H3,17,18,19)/t13-,14-,15?. The van der Waals surface area contributed by atoms with Gasteiger partial charge in [-0.3, -0.25) is 15.2 Å². The van der Waals surface area contributed by atoms with E-state index in [0.29, 0.717) is 24.0 Å². The SMILES string of the molecule is CNC(=N)N[C@H]1CC[C@H](N2CCN(C(O)C3CC3)CC2)CC1. The highest BCUT2D eigenvalue weighted by molar-refractivity contribution is 5.76. The highest BCUT2D eigenvalue weighted by atomic mass is 16.3. The van der Waals surface area contributed by atoms with Crippen LogP contribution in [0, 0.1) is 11.3 Å². The smallest absolute Gasteiger partial charge is 0.188 e. The summed E-state index contributed by atoms with van der Waals surface area (Å²) < 4.78 is 0. The Bertz CT molecular complexity index is 371. The number of hydrogen-bond acceptors (Lipinski definition) is 4. The average Bonchev–Trinajstić information content (AvgIpc) is 3.40. The fraction of sp³-hybridized carbons (Fsp3) is 0.938. The zero-order valence-corrected chi connectivity index (χ0v) is 13.7. The molecule has 22 heavy (non-hydrogen) atoms. The number of guanidine groups is 1. The summed E-state index contributed by atoms with van der Waals surface area (Å²) in [6.45, 7) is 4.22. The van der Waals surface area contributed by atoms with Gasteiger partial charge in [-0.2, -0.15) is 0 Å². The van der Waals surface area contributed by atoms with Gasteiger partial charge in [0.05, 0.1) is 0 Å². The number of nitrogens with one attached hydrogen (secondary N) is 3. The van der Waals surface area contributed by atoms with Gasteiger partial charge in [0.15, 0.2) is 5.96 Å². The van der Waals surface area contributed by atoms with Crippen LogP contribution in [0.5, 0.6) is 0 Å². The molecule has 2 saturated carbocycles. The van der Waals surface area contributed by atoms with Gasteiger partial charge in [-0.15, -0.1) is 0 Å². The van der Waals surface area contributed by atoms with Crippen molar-refractivity contribution in [3.05, 3.63) is 0 Å². The van der Waals surface area contributed by atoms with Crippen LogP contribution in [-0.4, -0.2) is 72.4 Å². The Labute approximate surface area is 133 Å². The number of piperazine rings is 1. The Kier molecular flexibility index (Phi) is 5.21. The molecule has 1 heterocycles. The second kappa shape index (κ2) is 7.15. The maximum Gasteiger partial charge on any atom is 0.188 e. The van der Waals surface area contributed by atoms with Gasteiger partial charge in [0.2, 0.25) is 0 Å². The zero-order valence-electron chi connectivity index (χ0n) is 13.7. The highest BCUT2D eigenvalue weighted by Gasteiger charge is 2.36. The summed E-state index contributed by atoms with van der Waals surface area (Å²) in [6.07, 6.45) is 6.98. The van der Waals surface area contributed by atoms with E-state index < -0.39 is 0 Å². The molecule has 0 bridgehead atoms. The van der Waals surface area contributed by atoms with Gasteiger partial charge in [0, 0.05) is 45.3 Å². The van der Waals surface area contributed by atoms with Crippen LogP contribution in [0.1, 0.15) is 38.5 Å². The lowest BCUT2D eigenvalue weighted by Gasteiger charge is -2.43. The summed E-state index contributed by atoms with van der Waals surface area (Å²) in [5, 5.41) is 24.0. The van der Waals surface area contributed by atoms with Crippen molar-refractivity contribution >= 4 is 5.96 Å². The molecule has 2 aliphatic carbocycles. The molecule has 126 valence electrons. The molecular formula is C16H31N5O. The van der Waals surface area contributed by atoms with Gasteiger partial charge in [-0.1, -0.05) is 0 Å². The van der Waals surface area contributed by atoms with Crippen molar-refractivity contribution in [3.8, 4) is 0 Å². The second-order valence-corrected chi connectivity index (χ2v) is 7.10. The molecule has 1 atom stereocenters. The molecule has 0 aromatic carbocycles. The summed E-state index contributed by atoms with van der Waals surface area (Å²) in [6, 6.07) is 1.15. The number of aliphatic hydroxyl groups excluding tert-OH is 1. The van der Waals surface area contributed by atoms with Gasteiger partial charge in [0.25, 0.3) is 0 Å². The number of hydrogen-bond donors (Lipinski definition) is 4. The van der Waals surface area contributed by atoms with Crippen molar-refractivity contribution in [1.29, 1.82) is 5.41 Å². The van der Waals surface area contributed by atoms with Crippen LogP contribution in [-0.2, 0) is 0 Å². The zero-order chi connectivity index (χ0) is 15.5. The van der Waals surface area contributed by atoms with Crippen LogP contribution in [0.2, 0.25) is 0 Å². The predicted octanol–water partition coefficient (Wildman–Crippen LogP) is 0.387. The lowest BCUT2D eigenvalue weighted by Crippen LogP contribution is -2.55. The third-order valence-electron chi connectivity index (χ3n) is 5.58. The summed E-state index contributed by atoms with van der Waals surface area (Å²) in [5.74, 6) is 0.988. The van der Waals surface area contributed by atoms with Gasteiger partial charge in [-0.05, 0) is 44.4 Å². The molecule has 3 rings (SSSR count). The van der Waals surface area contributed by atoms with Crippen molar-refractivity contribution in [1.82, 2.24) is 20.4 Å². The summed E-state index contributed by atoms with van der Waals surface area (Å²) in [4.78, 5) is 4.89. The molecule has 0 aromatic rings. The van der Waals surface area contributed by atoms with Crippen LogP contribution in [0.15, 0.2) is 0 Å². The molecule has 1 unspecified atom stereocenters. The maximum atomic E-state index is 10.2. The van der Waals surface area contributed by atoms with Crippen LogP contribution in [0.4, 0.5) is 0 Å². The van der Waals surface area contributed by atoms with Crippen molar-refractivity contribution in [2.24, 2.45) is 5.92 Å². The monoisotopic (exact) mass is 309 g/mol. The molecule has 3 fully saturated rings. The van der Waals surface area contributed by atoms with E-state index in [1.807, 2.05) is 0 Å².